The zero-order valence-corrected chi connectivity index (χ0v) is 16.4. The lowest BCUT2D eigenvalue weighted by Crippen LogP contribution is -2.03. The van der Waals surface area contributed by atoms with Gasteiger partial charge in [-0.2, -0.15) is 0 Å². The highest BCUT2D eigenvalue weighted by Gasteiger charge is 2.28. The number of carbonyl (C=O) groups is 1. The summed E-state index contributed by atoms with van der Waals surface area (Å²) in [5.41, 5.74) is 10.3. The second-order valence-electron chi connectivity index (χ2n) is 7.47. The van der Waals surface area contributed by atoms with Crippen molar-refractivity contribution in [1.82, 2.24) is 4.98 Å². The van der Waals surface area contributed by atoms with E-state index in [1.165, 1.54) is 5.69 Å². The van der Waals surface area contributed by atoms with Gasteiger partial charge in [-0.15, -0.1) is 0 Å². The Kier molecular flexibility index (Phi) is 4.95. The number of aromatic nitrogens is 1. The maximum atomic E-state index is 12.9. The highest BCUT2D eigenvalue weighted by atomic mass is 16.5. The zero-order valence-electron chi connectivity index (χ0n) is 16.4. The first kappa shape index (κ1) is 18.4. The average molecular weight is 374 g/mol. The Labute approximate surface area is 165 Å². The SMILES string of the molecule is CCCC(CCC)c1[nH]c2ccccc2c1/C=C1\Oc2ccc(N)cc2C1=O. The van der Waals surface area contributed by atoms with Crippen LogP contribution in [0.4, 0.5) is 5.69 Å². The first-order valence-corrected chi connectivity index (χ1v) is 10.1. The molecule has 0 bridgehead atoms. The molecule has 1 aliphatic rings. The van der Waals surface area contributed by atoms with E-state index in [4.69, 9.17) is 10.5 Å². The van der Waals surface area contributed by atoms with Gasteiger partial charge in [-0.1, -0.05) is 44.9 Å². The van der Waals surface area contributed by atoms with Gasteiger partial charge in [0.2, 0.25) is 5.78 Å². The number of aromatic amines is 1. The molecule has 2 heterocycles. The van der Waals surface area contributed by atoms with Crippen LogP contribution in [-0.4, -0.2) is 10.8 Å². The summed E-state index contributed by atoms with van der Waals surface area (Å²) in [5, 5.41) is 1.12. The number of rotatable bonds is 6. The number of hydrogen-bond acceptors (Lipinski definition) is 3. The topological polar surface area (TPSA) is 68.1 Å². The van der Waals surface area contributed by atoms with Crippen molar-refractivity contribution in [1.29, 1.82) is 0 Å². The van der Waals surface area contributed by atoms with Gasteiger partial charge in [-0.25, -0.2) is 0 Å². The molecule has 4 heteroatoms. The molecule has 0 amide bonds. The van der Waals surface area contributed by atoms with Crippen LogP contribution in [-0.2, 0) is 0 Å². The minimum atomic E-state index is -0.110. The van der Waals surface area contributed by atoms with Gasteiger partial charge in [-0.3, -0.25) is 4.79 Å². The Bertz CT molecular complexity index is 1060. The number of carbonyl (C=O) groups excluding carboxylic acids is 1. The number of hydrogen-bond donors (Lipinski definition) is 2. The summed E-state index contributed by atoms with van der Waals surface area (Å²) in [7, 11) is 0. The second-order valence-corrected chi connectivity index (χ2v) is 7.47. The number of para-hydroxylation sites is 1. The Morgan fingerprint density at radius 2 is 1.86 bits per heavy atom. The van der Waals surface area contributed by atoms with Crippen molar-refractivity contribution in [3.05, 3.63) is 65.0 Å². The van der Waals surface area contributed by atoms with Crippen LogP contribution in [0, 0.1) is 0 Å². The number of nitrogens with one attached hydrogen (secondary N) is 1. The van der Waals surface area contributed by atoms with E-state index in [1.807, 2.05) is 18.2 Å². The van der Waals surface area contributed by atoms with Crippen molar-refractivity contribution in [2.24, 2.45) is 0 Å². The van der Waals surface area contributed by atoms with Crippen LogP contribution < -0.4 is 10.5 Å². The fourth-order valence-electron chi connectivity index (χ4n) is 4.13. The van der Waals surface area contributed by atoms with Crippen LogP contribution >= 0.6 is 0 Å². The minimum absolute atomic E-state index is 0.110. The van der Waals surface area contributed by atoms with Crippen molar-refractivity contribution in [2.75, 3.05) is 5.73 Å². The molecule has 4 rings (SSSR count). The summed E-state index contributed by atoms with van der Waals surface area (Å²) < 4.78 is 5.89. The highest BCUT2D eigenvalue weighted by Crippen LogP contribution is 2.37. The van der Waals surface area contributed by atoms with E-state index in [2.05, 4.69) is 31.0 Å². The minimum Gasteiger partial charge on any atom is -0.452 e. The van der Waals surface area contributed by atoms with Crippen molar-refractivity contribution in [3.63, 3.8) is 0 Å². The molecule has 3 aromatic rings. The molecule has 0 fully saturated rings. The smallest absolute Gasteiger partial charge is 0.232 e. The molecule has 0 aliphatic carbocycles. The lowest BCUT2D eigenvalue weighted by Gasteiger charge is -2.15. The predicted octanol–water partition coefficient (Wildman–Crippen LogP) is 6.05. The molecule has 0 spiro atoms. The molecule has 4 nitrogen and oxygen atoms in total. The summed E-state index contributed by atoms with van der Waals surface area (Å²) in [6, 6.07) is 13.4. The van der Waals surface area contributed by atoms with Gasteiger partial charge in [0.25, 0.3) is 0 Å². The normalized spacial score (nSPS) is 14.8. The summed E-state index contributed by atoms with van der Waals surface area (Å²) in [4.78, 5) is 16.5. The number of H-pyrrole nitrogens is 1. The number of nitrogens with two attached hydrogens (primary N) is 1. The standard InChI is InChI=1S/C24H26N2O2/c1-3-7-15(8-4-2)23-18(17-9-5-6-10-20(17)26-23)14-22-24(27)19-13-16(25)11-12-21(19)28-22/h5-6,9-15,26H,3-4,7-8,25H2,1-2H3/b22-14-. The second kappa shape index (κ2) is 7.55. The summed E-state index contributed by atoms with van der Waals surface area (Å²) in [6.07, 6.45) is 6.38. The highest BCUT2D eigenvalue weighted by molar-refractivity contribution is 6.15. The quantitative estimate of drug-likeness (QED) is 0.408. The zero-order chi connectivity index (χ0) is 19.7. The lowest BCUT2D eigenvalue weighted by molar-refractivity contribution is 0.101. The van der Waals surface area contributed by atoms with Crippen LogP contribution in [0.15, 0.2) is 48.2 Å². The van der Waals surface area contributed by atoms with Gasteiger partial charge in [0.1, 0.15) is 5.75 Å². The van der Waals surface area contributed by atoms with Crippen molar-refractivity contribution in [2.45, 2.75) is 45.4 Å². The van der Waals surface area contributed by atoms with Gasteiger partial charge >= 0.3 is 0 Å². The summed E-state index contributed by atoms with van der Waals surface area (Å²) in [5.74, 6) is 1.26. The van der Waals surface area contributed by atoms with E-state index in [1.54, 1.807) is 18.2 Å². The van der Waals surface area contributed by atoms with E-state index in [0.717, 1.165) is 42.1 Å². The number of fused-ring (bicyclic) bond motifs is 2. The van der Waals surface area contributed by atoms with Crippen LogP contribution in [0.25, 0.3) is 17.0 Å². The third-order valence-electron chi connectivity index (χ3n) is 5.43. The van der Waals surface area contributed by atoms with Crippen LogP contribution in [0.5, 0.6) is 5.75 Å². The fraction of sp³-hybridized carbons (Fsp3) is 0.292. The van der Waals surface area contributed by atoms with Gasteiger partial charge in [-0.05, 0) is 49.1 Å². The van der Waals surface area contributed by atoms with E-state index < -0.39 is 0 Å². The van der Waals surface area contributed by atoms with E-state index >= 15 is 0 Å². The molecule has 0 atom stereocenters. The Morgan fingerprint density at radius 1 is 1.11 bits per heavy atom. The summed E-state index contributed by atoms with van der Waals surface area (Å²) >= 11 is 0. The molecule has 0 radical (unpaired) electrons. The van der Waals surface area contributed by atoms with E-state index in [-0.39, 0.29) is 5.78 Å². The van der Waals surface area contributed by atoms with Crippen molar-refractivity contribution < 1.29 is 9.53 Å². The number of allylic oxidation sites excluding steroid dienone is 1. The third-order valence-corrected chi connectivity index (χ3v) is 5.43. The first-order chi connectivity index (χ1) is 13.6. The third kappa shape index (κ3) is 3.19. The van der Waals surface area contributed by atoms with Gasteiger partial charge < -0.3 is 15.5 Å². The molecule has 0 saturated carbocycles. The van der Waals surface area contributed by atoms with Crippen molar-refractivity contribution in [3.8, 4) is 5.75 Å². The Morgan fingerprint density at radius 3 is 2.61 bits per heavy atom. The molecule has 1 aromatic heterocycles. The number of Topliss-reactive ketones (excluding diaryl/α,β-unsaturated/α-hetero) is 1. The molecular formula is C24H26N2O2. The van der Waals surface area contributed by atoms with Gasteiger partial charge in [0, 0.05) is 27.8 Å². The maximum Gasteiger partial charge on any atom is 0.232 e. The van der Waals surface area contributed by atoms with Crippen LogP contribution in [0.1, 0.15) is 67.1 Å². The molecule has 0 saturated heterocycles. The summed E-state index contributed by atoms with van der Waals surface area (Å²) in [6.45, 7) is 4.43. The average Bonchev–Trinajstić information content (AvgIpc) is 3.20. The molecular weight excluding hydrogens is 348 g/mol. The fourth-order valence-corrected chi connectivity index (χ4v) is 4.13. The number of ether oxygens (including phenoxy) is 1. The monoisotopic (exact) mass is 374 g/mol. The first-order valence-electron chi connectivity index (χ1n) is 10.1. The van der Waals surface area contributed by atoms with E-state index in [0.29, 0.717) is 28.7 Å². The number of nitrogen functional groups attached to an aromatic ring is 1. The van der Waals surface area contributed by atoms with E-state index in [9.17, 15) is 4.79 Å². The number of benzene rings is 2. The van der Waals surface area contributed by atoms with Crippen LogP contribution in [0.3, 0.4) is 0 Å². The molecule has 1 aliphatic heterocycles. The number of anilines is 1. The molecule has 3 N–H and O–H groups in total. The van der Waals surface area contributed by atoms with Crippen LogP contribution in [0.2, 0.25) is 0 Å². The van der Waals surface area contributed by atoms with Crippen molar-refractivity contribution >= 4 is 28.4 Å². The largest absolute Gasteiger partial charge is 0.452 e. The lowest BCUT2D eigenvalue weighted by atomic mass is 9.91. The Hall–Kier alpha value is -3.01. The Balaban J connectivity index is 1.83. The molecule has 28 heavy (non-hydrogen) atoms. The molecule has 144 valence electrons. The van der Waals surface area contributed by atoms with Gasteiger partial charge in [0.05, 0.1) is 5.56 Å². The maximum absolute atomic E-state index is 12.9. The molecule has 0 unspecified atom stereocenters. The molecule has 2 aromatic carbocycles. The number of ketones is 1. The van der Waals surface area contributed by atoms with Gasteiger partial charge in [0.15, 0.2) is 5.76 Å². The predicted molar refractivity (Wildman–Crippen MR) is 115 cm³/mol.